The molecule has 1 fully saturated rings. The standard InChI is InChI=1S/C13H22O4/c1-9(2)11(14)7-6-10(3)12-8-15-13(4,5)17-16-12/h11-12,14H,1,3,6-8H2,2,4-5H3. The first-order valence-electron chi connectivity index (χ1n) is 5.81. The molecule has 0 radical (unpaired) electrons. The Labute approximate surface area is 103 Å². The molecule has 98 valence electrons. The summed E-state index contributed by atoms with van der Waals surface area (Å²) < 4.78 is 5.47. The Kier molecular flexibility index (Phi) is 4.89. The number of aliphatic hydroxyl groups excluding tert-OH is 1. The van der Waals surface area contributed by atoms with Crippen LogP contribution in [0.25, 0.3) is 0 Å². The molecule has 0 spiro atoms. The fraction of sp³-hybridized carbons (Fsp3) is 0.692. The van der Waals surface area contributed by atoms with Crippen LogP contribution in [0.15, 0.2) is 24.3 Å². The van der Waals surface area contributed by atoms with Gasteiger partial charge < -0.3 is 9.84 Å². The first-order chi connectivity index (χ1) is 7.82. The Morgan fingerprint density at radius 2 is 2.12 bits per heavy atom. The Bertz CT molecular complexity index is 286. The number of hydrogen-bond donors (Lipinski definition) is 1. The number of rotatable bonds is 5. The van der Waals surface area contributed by atoms with Gasteiger partial charge in [0, 0.05) is 0 Å². The van der Waals surface area contributed by atoms with E-state index >= 15 is 0 Å². The molecule has 0 aromatic carbocycles. The highest BCUT2D eigenvalue weighted by Crippen LogP contribution is 2.24. The maximum absolute atomic E-state index is 9.61. The van der Waals surface area contributed by atoms with E-state index in [1.165, 1.54) is 0 Å². The van der Waals surface area contributed by atoms with Crippen molar-refractivity contribution >= 4 is 0 Å². The predicted octanol–water partition coefficient (Wildman–Crippen LogP) is 2.34. The molecule has 4 heteroatoms. The summed E-state index contributed by atoms with van der Waals surface area (Å²) in [5.74, 6) is -0.700. The van der Waals surface area contributed by atoms with E-state index in [-0.39, 0.29) is 6.10 Å². The van der Waals surface area contributed by atoms with Crippen molar-refractivity contribution in [1.29, 1.82) is 0 Å². The van der Waals surface area contributed by atoms with Gasteiger partial charge in [0.15, 0.2) is 5.79 Å². The third-order valence-corrected chi connectivity index (χ3v) is 2.71. The number of hydrogen-bond acceptors (Lipinski definition) is 4. The molecule has 0 aromatic heterocycles. The molecule has 1 rings (SSSR count). The van der Waals surface area contributed by atoms with Crippen molar-refractivity contribution in [3.63, 3.8) is 0 Å². The topological polar surface area (TPSA) is 47.9 Å². The molecular weight excluding hydrogens is 220 g/mol. The molecule has 0 aliphatic carbocycles. The van der Waals surface area contributed by atoms with E-state index in [4.69, 9.17) is 14.5 Å². The Morgan fingerprint density at radius 3 is 2.59 bits per heavy atom. The van der Waals surface area contributed by atoms with Crippen LogP contribution in [0.1, 0.15) is 33.6 Å². The minimum atomic E-state index is -0.700. The van der Waals surface area contributed by atoms with Gasteiger partial charge in [0.25, 0.3) is 0 Å². The average Bonchev–Trinajstić information content (AvgIpc) is 2.25. The van der Waals surface area contributed by atoms with Crippen molar-refractivity contribution in [1.82, 2.24) is 0 Å². The van der Waals surface area contributed by atoms with Crippen LogP contribution in [0.2, 0.25) is 0 Å². The van der Waals surface area contributed by atoms with Crippen LogP contribution in [0.4, 0.5) is 0 Å². The molecule has 1 N–H and O–H groups in total. The van der Waals surface area contributed by atoms with Gasteiger partial charge in [-0.1, -0.05) is 18.7 Å². The van der Waals surface area contributed by atoms with E-state index in [0.29, 0.717) is 19.4 Å². The highest BCUT2D eigenvalue weighted by Gasteiger charge is 2.31. The molecule has 1 saturated heterocycles. The van der Waals surface area contributed by atoms with Crippen molar-refractivity contribution in [3.05, 3.63) is 24.3 Å². The Balaban J connectivity index is 2.32. The van der Waals surface area contributed by atoms with Crippen LogP contribution in [0, 0.1) is 0 Å². The van der Waals surface area contributed by atoms with Gasteiger partial charge in [-0.05, 0) is 39.2 Å². The van der Waals surface area contributed by atoms with Gasteiger partial charge in [0.05, 0.1) is 12.7 Å². The van der Waals surface area contributed by atoms with Gasteiger partial charge in [0.1, 0.15) is 6.10 Å². The predicted molar refractivity (Wildman–Crippen MR) is 65.2 cm³/mol. The van der Waals surface area contributed by atoms with Gasteiger partial charge in [-0.25, -0.2) is 9.78 Å². The lowest BCUT2D eigenvalue weighted by Crippen LogP contribution is -2.41. The second-order valence-electron chi connectivity index (χ2n) is 4.94. The molecule has 0 amide bonds. The zero-order valence-electron chi connectivity index (χ0n) is 10.9. The third-order valence-electron chi connectivity index (χ3n) is 2.71. The van der Waals surface area contributed by atoms with E-state index < -0.39 is 11.9 Å². The molecule has 0 aromatic rings. The van der Waals surface area contributed by atoms with Gasteiger partial charge >= 0.3 is 0 Å². The molecule has 2 unspecified atom stereocenters. The van der Waals surface area contributed by atoms with Gasteiger partial charge in [-0.2, -0.15) is 0 Å². The van der Waals surface area contributed by atoms with Crippen LogP contribution in [0.5, 0.6) is 0 Å². The third kappa shape index (κ3) is 4.60. The van der Waals surface area contributed by atoms with Crippen LogP contribution in [-0.4, -0.2) is 29.7 Å². The molecule has 2 atom stereocenters. The minimum Gasteiger partial charge on any atom is -0.389 e. The maximum atomic E-state index is 9.61. The van der Waals surface area contributed by atoms with Crippen molar-refractivity contribution in [2.75, 3.05) is 6.61 Å². The molecule has 1 aliphatic heterocycles. The minimum absolute atomic E-state index is 0.264. The second kappa shape index (κ2) is 5.78. The Hall–Kier alpha value is -0.680. The van der Waals surface area contributed by atoms with Gasteiger partial charge in [-0.3, -0.25) is 0 Å². The zero-order valence-corrected chi connectivity index (χ0v) is 10.9. The van der Waals surface area contributed by atoms with E-state index in [2.05, 4.69) is 13.2 Å². The highest BCUT2D eigenvalue weighted by atomic mass is 17.2. The van der Waals surface area contributed by atoms with Gasteiger partial charge in [0.2, 0.25) is 0 Å². The van der Waals surface area contributed by atoms with Crippen molar-refractivity contribution < 1.29 is 19.6 Å². The fourth-order valence-corrected chi connectivity index (χ4v) is 1.42. The quantitative estimate of drug-likeness (QED) is 0.594. The first kappa shape index (κ1) is 14.4. The fourth-order valence-electron chi connectivity index (χ4n) is 1.42. The molecule has 1 heterocycles. The largest absolute Gasteiger partial charge is 0.389 e. The van der Waals surface area contributed by atoms with E-state index in [0.717, 1.165) is 11.1 Å². The summed E-state index contributed by atoms with van der Waals surface area (Å²) in [6.07, 6.45) is 0.498. The van der Waals surface area contributed by atoms with Crippen molar-refractivity contribution in [3.8, 4) is 0 Å². The maximum Gasteiger partial charge on any atom is 0.196 e. The van der Waals surface area contributed by atoms with Crippen molar-refractivity contribution in [2.24, 2.45) is 0 Å². The first-order valence-corrected chi connectivity index (χ1v) is 5.81. The lowest BCUT2D eigenvalue weighted by Gasteiger charge is -2.34. The summed E-state index contributed by atoms with van der Waals surface area (Å²) in [5.41, 5.74) is 1.62. The second-order valence-corrected chi connectivity index (χ2v) is 4.94. The van der Waals surface area contributed by atoms with Crippen LogP contribution in [0.3, 0.4) is 0 Å². The lowest BCUT2D eigenvalue weighted by molar-refractivity contribution is -0.470. The molecule has 0 saturated carbocycles. The molecule has 1 aliphatic rings. The molecule has 4 nitrogen and oxygen atoms in total. The van der Waals surface area contributed by atoms with Crippen LogP contribution < -0.4 is 0 Å². The van der Waals surface area contributed by atoms with Crippen LogP contribution in [-0.2, 0) is 14.5 Å². The molecule has 0 bridgehead atoms. The number of ether oxygens (including phenoxy) is 1. The van der Waals surface area contributed by atoms with Gasteiger partial charge in [-0.15, -0.1) is 0 Å². The summed E-state index contributed by atoms with van der Waals surface area (Å²) >= 11 is 0. The van der Waals surface area contributed by atoms with Crippen LogP contribution >= 0.6 is 0 Å². The molecule has 17 heavy (non-hydrogen) atoms. The normalized spacial score (nSPS) is 25.3. The summed E-state index contributed by atoms with van der Waals surface area (Å²) in [4.78, 5) is 10.3. The summed E-state index contributed by atoms with van der Waals surface area (Å²) in [5, 5.41) is 9.61. The lowest BCUT2D eigenvalue weighted by atomic mass is 10.0. The number of aliphatic hydroxyl groups is 1. The summed E-state index contributed by atoms with van der Waals surface area (Å²) in [6, 6.07) is 0. The summed E-state index contributed by atoms with van der Waals surface area (Å²) in [6.45, 7) is 13.4. The smallest absolute Gasteiger partial charge is 0.196 e. The molecular formula is C13H22O4. The SMILES string of the molecule is C=C(C)C(O)CCC(=C)C1COC(C)(C)OO1. The van der Waals surface area contributed by atoms with E-state index in [1.807, 2.05) is 0 Å². The monoisotopic (exact) mass is 242 g/mol. The van der Waals surface area contributed by atoms with Crippen molar-refractivity contribution in [2.45, 2.75) is 51.6 Å². The Morgan fingerprint density at radius 1 is 1.47 bits per heavy atom. The zero-order chi connectivity index (χ0) is 13.1. The summed E-state index contributed by atoms with van der Waals surface area (Å²) in [7, 11) is 0. The van der Waals surface area contributed by atoms with E-state index in [9.17, 15) is 5.11 Å². The highest BCUT2D eigenvalue weighted by molar-refractivity contribution is 5.06. The van der Waals surface area contributed by atoms with E-state index in [1.54, 1.807) is 20.8 Å². The average molecular weight is 242 g/mol.